The van der Waals surface area contributed by atoms with Crippen molar-refractivity contribution >= 4 is 9.84 Å². The lowest BCUT2D eigenvalue weighted by Gasteiger charge is -2.30. The lowest BCUT2D eigenvalue weighted by Crippen LogP contribution is -2.25. The molecule has 0 aromatic heterocycles. The predicted molar refractivity (Wildman–Crippen MR) is 115 cm³/mol. The zero-order valence-corrected chi connectivity index (χ0v) is 17.9. The third-order valence-electron chi connectivity index (χ3n) is 6.14. The maximum Gasteiger partial charge on any atom is 0.147 e. The highest BCUT2D eigenvalue weighted by Gasteiger charge is 2.25. The van der Waals surface area contributed by atoms with E-state index in [1.807, 2.05) is 18.2 Å². The summed E-state index contributed by atoms with van der Waals surface area (Å²) in [5.74, 6) is 2.70. The Balaban J connectivity index is 1.30. The number of rotatable bonds is 6. The van der Waals surface area contributed by atoms with Crippen LogP contribution in [-0.4, -0.2) is 26.5 Å². The van der Waals surface area contributed by atoms with Crippen LogP contribution in [0.4, 0.5) is 0 Å². The lowest BCUT2D eigenvalue weighted by atomic mass is 9.86. The fourth-order valence-electron chi connectivity index (χ4n) is 4.45. The average Bonchev–Trinajstić information content (AvgIpc) is 2.73. The summed E-state index contributed by atoms with van der Waals surface area (Å²) in [5.41, 5.74) is 2.45. The fourth-order valence-corrected chi connectivity index (χ4v) is 5.21. The van der Waals surface area contributed by atoms with E-state index in [2.05, 4.69) is 30.3 Å². The van der Waals surface area contributed by atoms with Gasteiger partial charge in [-0.3, -0.25) is 0 Å². The summed E-state index contributed by atoms with van der Waals surface area (Å²) in [6.07, 6.45) is 8.52. The van der Waals surface area contributed by atoms with Crippen molar-refractivity contribution in [2.45, 2.75) is 57.2 Å². The second-order valence-corrected chi connectivity index (χ2v) is 10.8. The molecule has 1 fully saturated rings. The fraction of sp³-hybridized carbons (Fsp3) is 0.500. The van der Waals surface area contributed by atoms with Crippen LogP contribution in [0, 0.1) is 5.92 Å². The molecule has 2 aromatic carbocycles. The second-order valence-electron chi connectivity index (χ2n) is 8.50. The van der Waals surface area contributed by atoms with Crippen LogP contribution >= 0.6 is 0 Å². The van der Waals surface area contributed by atoms with E-state index in [1.54, 1.807) is 0 Å². The van der Waals surface area contributed by atoms with Gasteiger partial charge in [0, 0.05) is 6.26 Å². The number of benzene rings is 2. The van der Waals surface area contributed by atoms with Crippen LogP contribution in [0.5, 0.6) is 11.5 Å². The Kier molecular flexibility index (Phi) is 6.14. The van der Waals surface area contributed by atoms with Gasteiger partial charge in [0.1, 0.15) is 27.4 Å². The Labute approximate surface area is 174 Å². The van der Waals surface area contributed by atoms with Crippen molar-refractivity contribution in [3.63, 3.8) is 0 Å². The zero-order valence-electron chi connectivity index (χ0n) is 17.0. The van der Waals surface area contributed by atoms with Gasteiger partial charge in [-0.05, 0) is 80.2 Å². The molecule has 0 saturated heterocycles. The van der Waals surface area contributed by atoms with Crippen LogP contribution in [0.2, 0.25) is 0 Å². The Morgan fingerprint density at radius 3 is 2.48 bits per heavy atom. The molecule has 1 atom stereocenters. The monoisotopic (exact) mass is 414 g/mol. The van der Waals surface area contributed by atoms with Gasteiger partial charge in [-0.15, -0.1) is 0 Å². The summed E-state index contributed by atoms with van der Waals surface area (Å²) in [7, 11) is -2.86. The molecule has 0 radical (unpaired) electrons. The van der Waals surface area contributed by atoms with Gasteiger partial charge >= 0.3 is 0 Å². The normalized spacial score (nSPS) is 24.4. The van der Waals surface area contributed by atoms with Gasteiger partial charge < -0.3 is 9.47 Å². The molecule has 4 nitrogen and oxygen atoms in total. The van der Waals surface area contributed by atoms with Gasteiger partial charge in [-0.25, -0.2) is 8.42 Å². The SMILES string of the molecule is CS(=O)(=O)CCC1CCC(Oc2ccc3c(c2)CCC(c2ccccc2)O3)CC1. The molecule has 4 rings (SSSR count). The third kappa shape index (κ3) is 5.53. The Morgan fingerprint density at radius 1 is 1.00 bits per heavy atom. The number of fused-ring (bicyclic) bond motifs is 1. The molecule has 29 heavy (non-hydrogen) atoms. The Morgan fingerprint density at radius 2 is 1.76 bits per heavy atom. The molecule has 1 aliphatic carbocycles. The van der Waals surface area contributed by atoms with Crippen molar-refractivity contribution in [1.82, 2.24) is 0 Å². The van der Waals surface area contributed by atoms with Crippen LogP contribution in [0.25, 0.3) is 0 Å². The first-order chi connectivity index (χ1) is 14.0. The van der Waals surface area contributed by atoms with E-state index in [1.165, 1.54) is 17.4 Å². The number of sulfone groups is 1. The standard InChI is InChI=1S/C24H30O4S/c1-29(25,26)16-15-18-7-10-21(11-8-18)27-22-12-14-24-20(17-22)9-13-23(28-24)19-5-3-2-4-6-19/h2-6,12,14,17-18,21,23H,7-11,13,15-16H2,1H3. The van der Waals surface area contributed by atoms with E-state index in [0.717, 1.165) is 56.4 Å². The number of hydrogen-bond acceptors (Lipinski definition) is 4. The Hall–Kier alpha value is -2.01. The minimum absolute atomic E-state index is 0.123. The molecule has 0 bridgehead atoms. The highest BCUT2D eigenvalue weighted by atomic mass is 32.2. The van der Waals surface area contributed by atoms with Crippen molar-refractivity contribution in [3.8, 4) is 11.5 Å². The summed E-state index contributed by atoms with van der Waals surface area (Å²) in [6.45, 7) is 0. The summed E-state index contributed by atoms with van der Waals surface area (Å²) in [6, 6.07) is 16.6. The molecular weight excluding hydrogens is 384 g/mol. The van der Waals surface area contributed by atoms with Gasteiger partial charge in [0.25, 0.3) is 0 Å². The van der Waals surface area contributed by atoms with Gasteiger partial charge in [0.2, 0.25) is 0 Å². The highest BCUT2D eigenvalue weighted by Crippen LogP contribution is 2.37. The molecule has 1 unspecified atom stereocenters. The summed E-state index contributed by atoms with van der Waals surface area (Å²) in [4.78, 5) is 0. The Bertz CT molecular complexity index is 915. The van der Waals surface area contributed by atoms with Gasteiger partial charge in [-0.1, -0.05) is 30.3 Å². The van der Waals surface area contributed by atoms with Crippen LogP contribution in [0.3, 0.4) is 0 Å². The van der Waals surface area contributed by atoms with E-state index < -0.39 is 9.84 Å². The van der Waals surface area contributed by atoms with Crippen molar-refractivity contribution < 1.29 is 17.9 Å². The molecule has 1 heterocycles. The summed E-state index contributed by atoms with van der Waals surface area (Å²) in [5, 5.41) is 0. The van der Waals surface area contributed by atoms with E-state index in [4.69, 9.17) is 9.47 Å². The van der Waals surface area contributed by atoms with Crippen LogP contribution in [-0.2, 0) is 16.3 Å². The molecule has 156 valence electrons. The molecule has 1 aliphatic heterocycles. The zero-order chi connectivity index (χ0) is 20.3. The highest BCUT2D eigenvalue weighted by molar-refractivity contribution is 7.90. The predicted octanol–water partition coefficient (Wildman–Crippen LogP) is 5.13. The molecule has 5 heteroatoms. The van der Waals surface area contributed by atoms with Gasteiger partial charge in [-0.2, -0.15) is 0 Å². The molecule has 2 aromatic rings. The summed E-state index contributed by atoms with van der Waals surface area (Å²) >= 11 is 0. The third-order valence-corrected chi connectivity index (χ3v) is 7.12. The van der Waals surface area contributed by atoms with Crippen molar-refractivity contribution in [2.75, 3.05) is 12.0 Å². The topological polar surface area (TPSA) is 52.6 Å². The average molecular weight is 415 g/mol. The first-order valence-corrected chi connectivity index (χ1v) is 12.7. The molecule has 2 aliphatic rings. The van der Waals surface area contributed by atoms with E-state index in [0.29, 0.717) is 11.7 Å². The van der Waals surface area contributed by atoms with E-state index >= 15 is 0 Å². The quantitative estimate of drug-likeness (QED) is 0.658. The number of aryl methyl sites for hydroxylation is 1. The van der Waals surface area contributed by atoms with Crippen molar-refractivity contribution in [2.24, 2.45) is 5.92 Å². The molecule has 0 N–H and O–H groups in total. The van der Waals surface area contributed by atoms with E-state index in [9.17, 15) is 8.42 Å². The molecule has 0 spiro atoms. The maximum atomic E-state index is 11.4. The van der Waals surface area contributed by atoms with E-state index in [-0.39, 0.29) is 12.2 Å². The minimum Gasteiger partial charge on any atom is -0.490 e. The first-order valence-electron chi connectivity index (χ1n) is 10.7. The van der Waals surface area contributed by atoms with Crippen molar-refractivity contribution in [3.05, 3.63) is 59.7 Å². The molecular formula is C24H30O4S. The van der Waals surface area contributed by atoms with Crippen molar-refractivity contribution in [1.29, 1.82) is 0 Å². The second kappa shape index (κ2) is 8.78. The van der Waals surface area contributed by atoms with Crippen LogP contribution in [0.1, 0.15) is 55.8 Å². The lowest BCUT2D eigenvalue weighted by molar-refractivity contribution is 0.129. The number of ether oxygens (including phenoxy) is 2. The maximum absolute atomic E-state index is 11.4. The van der Waals surface area contributed by atoms with Gasteiger partial charge in [0.15, 0.2) is 0 Å². The molecule has 1 saturated carbocycles. The van der Waals surface area contributed by atoms with Gasteiger partial charge in [0.05, 0.1) is 11.9 Å². The smallest absolute Gasteiger partial charge is 0.147 e. The number of hydrogen-bond donors (Lipinski definition) is 0. The largest absolute Gasteiger partial charge is 0.490 e. The van der Waals surface area contributed by atoms with Crippen LogP contribution in [0.15, 0.2) is 48.5 Å². The van der Waals surface area contributed by atoms with Crippen LogP contribution < -0.4 is 9.47 Å². The summed E-state index contributed by atoms with van der Waals surface area (Å²) < 4.78 is 35.2. The molecule has 0 amide bonds. The minimum atomic E-state index is -2.86. The first kappa shape index (κ1) is 20.3.